The van der Waals surface area contributed by atoms with Crippen LogP contribution in [-0.4, -0.2) is 12.2 Å². The number of hydrogen-bond donors (Lipinski definition) is 1. The smallest absolute Gasteiger partial charge is 0.251 e. The van der Waals surface area contributed by atoms with Crippen LogP contribution < -0.4 is 5.32 Å². The van der Waals surface area contributed by atoms with Gasteiger partial charge >= 0.3 is 0 Å². The molecule has 0 aliphatic heterocycles. The Morgan fingerprint density at radius 3 is 2.42 bits per heavy atom. The van der Waals surface area contributed by atoms with E-state index >= 15 is 0 Å². The highest BCUT2D eigenvalue weighted by Crippen LogP contribution is 2.15. The fraction of sp³-hybridized carbons (Fsp3) is 0.0667. The molecule has 0 spiro atoms. The molecule has 2 aromatic carbocycles. The molecule has 0 unspecified atom stereocenters. The summed E-state index contributed by atoms with van der Waals surface area (Å²) in [5, 5.41) is 2.84. The summed E-state index contributed by atoms with van der Waals surface area (Å²) in [5.74, 6) is -0.159. The predicted octanol–water partition coefficient (Wildman–Crippen LogP) is 3.19. The van der Waals surface area contributed by atoms with E-state index in [1.54, 1.807) is 24.3 Å². The van der Waals surface area contributed by atoms with E-state index < -0.39 is 0 Å². The average Bonchev–Trinajstić information content (AvgIpc) is 2.46. The molecule has 0 aliphatic carbocycles. The van der Waals surface area contributed by atoms with E-state index in [4.69, 9.17) is 0 Å². The van der Waals surface area contributed by atoms with Crippen molar-refractivity contribution in [2.45, 2.75) is 6.54 Å². The van der Waals surface area contributed by atoms with Gasteiger partial charge in [0.25, 0.3) is 5.91 Å². The number of benzene rings is 2. The van der Waals surface area contributed by atoms with Crippen LogP contribution in [-0.2, 0) is 6.54 Å². The Labute approximate surface area is 119 Å². The van der Waals surface area contributed by atoms with Crippen LogP contribution in [0.2, 0.25) is 0 Å². The molecule has 96 valence electrons. The van der Waals surface area contributed by atoms with E-state index in [1.807, 2.05) is 24.3 Å². The van der Waals surface area contributed by atoms with Crippen molar-refractivity contribution in [3.05, 3.63) is 69.7 Å². The summed E-state index contributed by atoms with van der Waals surface area (Å²) in [7, 11) is 0. The Morgan fingerprint density at radius 2 is 1.79 bits per heavy atom. The molecule has 0 radical (unpaired) electrons. The molecule has 0 atom stereocenters. The maximum absolute atomic E-state index is 11.9. The molecule has 19 heavy (non-hydrogen) atoms. The Bertz CT molecular complexity index is 593. The fourth-order valence-electron chi connectivity index (χ4n) is 1.63. The predicted molar refractivity (Wildman–Crippen MR) is 77.1 cm³/mol. The Morgan fingerprint density at radius 1 is 1.11 bits per heavy atom. The normalized spacial score (nSPS) is 9.95. The summed E-state index contributed by atoms with van der Waals surface area (Å²) in [6, 6.07) is 14.2. The molecular formula is C15H12BrNO2. The van der Waals surface area contributed by atoms with Gasteiger partial charge in [-0.1, -0.05) is 46.3 Å². The highest BCUT2D eigenvalue weighted by atomic mass is 79.9. The first-order valence-electron chi connectivity index (χ1n) is 5.77. The van der Waals surface area contributed by atoms with Crippen LogP contribution in [0.1, 0.15) is 26.3 Å². The SMILES string of the molecule is O=Cc1ccc(C(=O)NCc2ccccc2Br)cc1. The average molecular weight is 318 g/mol. The minimum Gasteiger partial charge on any atom is -0.348 e. The number of hydrogen-bond acceptors (Lipinski definition) is 2. The van der Waals surface area contributed by atoms with Crippen LogP contribution >= 0.6 is 15.9 Å². The molecule has 0 saturated carbocycles. The van der Waals surface area contributed by atoms with Gasteiger partial charge in [0.05, 0.1) is 0 Å². The number of halogens is 1. The van der Waals surface area contributed by atoms with Crippen molar-refractivity contribution in [3.63, 3.8) is 0 Å². The van der Waals surface area contributed by atoms with E-state index in [1.165, 1.54) is 0 Å². The second-order valence-corrected chi connectivity index (χ2v) is 4.87. The van der Waals surface area contributed by atoms with Crippen molar-refractivity contribution in [2.24, 2.45) is 0 Å². The molecule has 0 saturated heterocycles. The summed E-state index contributed by atoms with van der Waals surface area (Å²) in [4.78, 5) is 22.4. The first kappa shape index (κ1) is 13.5. The van der Waals surface area contributed by atoms with Gasteiger partial charge in [-0.05, 0) is 23.8 Å². The molecule has 1 amide bonds. The van der Waals surface area contributed by atoms with Crippen LogP contribution in [0.3, 0.4) is 0 Å². The second kappa shape index (κ2) is 6.29. The first-order valence-corrected chi connectivity index (χ1v) is 6.57. The maximum Gasteiger partial charge on any atom is 0.251 e. The Balaban J connectivity index is 2.01. The van der Waals surface area contributed by atoms with Gasteiger partial charge in [-0.15, -0.1) is 0 Å². The van der Waals surface area contributed by atoms with Crippen molar-refractivity contribution in [1.82, 2.24) is 5.32 Å². The van der Waals surface area contributed by atoms with Crippen LogP contribution in [0.15, 0.2) is 53.0 Å². The van der Waals surface area contributed by atoms with Gasteiger partial charge in [0.2, 0.25) is 0 Å². The quantitative estimate of drug-likeness (QED) is 0.880. The summed E-state index contributed by atoms with van der Waals surface area (Å²) < 4.78 is 0.964. The summed E-state index contributed by atoms with van der Waals surface area (Å²) in [6.45, 7) is 0.454. The fourth-order valence-corrected chi connectivity index (χ4v) is 2.06. The van der Waals surface area contributed by atoms with Crippen molar-refractivity contribution in [1.29, 1.82) is 0 Å². The minimum atomic E-state index is -0.159. The zero-order chi connectivity index (χ0) is 13.7. The van der Waals surface area contributed by atoms with Gasteiger partial charge in [0.1, 0.15) is 6.29 Å². The van der Waals surface area contributed by atoms with E-state index in [0.717, 1.165) is 16.3 Å². The Kier molecular flexibility index (Phi) is 4.47. The number of nitrogens with one attached hydrogen (secondary N) is 1. The van der Waals surface area contributed by atoms with Crippen LogP contribution in [0.5, 0.6) is 0 Å². The molecule has 1 N–H and O–H groups in total. The largest absolute Gasteiger partial charge is 0.348 e. The zero-order valence-corrected chi connectivity index (χ0v) is 11.7. The molecule has 0 heterocycles. The van der Waals surface area contributed by atoms with Crippen molar-refractivity contribution < 1.29 is 9.59 Å². The molecule has 0 aliphatic rings. The van der Waals surface area contributed by atoms with Crippen LogP contribution in [0.25, 0.3) is 0 Å². The molecule has 0 fully saturated rings. The summed E-state index contributed by atoms with van der Waals surface area (Å²) in [5.41, 5.74) is 2.11. The molecule has 4 heteroatoms. The van der Waals surface area contributed by atoms with Crippen LogP contribution in [0, 0.1) is 0 Å². The first-order chi connectivity index (χ1) is 9.20. The van der Waals surface area contributed by atoms with Crippen molar-refractivity contribution >= 4 is 28.1 Å². The zero-order valence-electron chi connectivity index (χ0n) is 10.1. The van der Waals surface area contributed by atoms with Crippen LogP contribution in [0.4, 0.5) is 0 Å². The van der Waals surface area contributed by atoms with Gasteiger partial charge in [-0.25, -0.2) is 0 Å². The van der Waals surface area contributed by atoms with Crippen molar-refractivity contribution in [3.8, 4) is 0 Å². The van der Waals surface area contributed by atoms with Gasteiger partial charge < -0.3 is 5.32 Å². The topological polar surface area (TPSA) is 46.2 Å². The molecule has 0 bridgehead atoms. The minimum absolute atomic E-state index is 0.159. The molecule has 2 aromatic rings. The van der Waals surface area contributed by atoms with Gasteiger partial charge in [0.15, 0.2) is 0 Å². The number of aldehydes is 1. The van der Waals surface area contributed by atoms with E-state index in [9.17, 15) is 9.59 Å². The standard InChI is InChI=1S/C15H12BrNO2/c16-14-4-2-1-3-13(14)9-17-15(19)12-7-5-11(10-18)6-8-12/h1-8,10H,9H2,(H,17,19). The third kappa shape index (κ3) is 3.51. The second-order valence-electron chi connectivity index (χ2n) is 4.01. The number of carbonyl (C=O) groups is 2. The lowest BCUT2D eigenvalue weighted by molar-refractivity contribution is 0.0950. The summed E-state index contributed by atoms with van der Waals surface area (Å²) >= 11 is 3.43. The number of amides is 1. The molecule has 3 nitrogen and oxygen atoms in total. The third-order valence-corrected chi connectivity index (χ3v) is 3.48. The molecular weight excluding hydrogens is 306 g/mol. The van der Waals surface area contributed by atoms with E-state index in [-0.39, 0.29) is 5.91 Å². The van der Waals surface area contributed by atoms with Gasteiger partial charge in [-0.3, -0.25) is 9.59 Å². The van der Waals surface area contributed by atoms with Gasteiger partial charge in [-0.2, -0.15) is 0 Å². The summed E-state index contributed by atoms with van der Waals surface area (Å²) in [6.07, 6.45) is 0.753. The van der Waals surface area contributed by atoms with E-state index in [0.29, 0.717) is 17.7 Å². The highest BCUT2D eigenvalue weighted by Gasteiger charge is 2.06. The lowest BCUT2D eigenvalue weighted by Gasteiger charge is -2.07. The lowest BCUT2D eigenvalue weighted by atomic mass is 10.1. The lowest BCUT2D eigenvalue weighted by Crippen LogP contribution is -2.22. The molecule has 2 rings (SSSR count). The van der Waals surface area contributed by atoms with Crippen molar-refractivity contribution in [2.75, 3.05) is 0 Å². The highest BCUT2D eigenvalue weighted by molar-refractivity contribution is 9.10. The number of rotatable bonds is 4. The van der Waals surface area contributed by atoms with Gasteiger partial charge in [0, 0.05) is 22.1 Å². The third-order valence-electron chi connectivity index (χ3n) is 2.71. The number of carbonyl (C=O) groups excluding carboxylic acids is 2. The molecule has 0 aromatic heterocycles. The Hall–Kier alpha value is -1.94. The van der Waals surface area contributed by atoms with E-state index in [2.05, 4.69) is 21.2 Å². The monoisotopic (exact) mass is 317 g/mol. The maximum atomic E-state index is 11.9.